The van der Waals surface area contributed by atoms with E-state index in [-0.39, 0.29) is 11.5 Å². The first-order valence-corrected chi connectivity index (χ1v) is 9.54. The van der Waals surface area contributed by atoms with Gasteiger partial charge in [-0.05, 0) is 57.2 Å². The Morgan fingerprint density at radius 1 is 1.23 bits per heavy atom. The second-order valence-electron chi connectivity index (χ2n) is 7.68. The first kappa shape index (κ1) is 17.3. The van der Waals surface area contributed by atoms with Gasteiger partial charge in [0.15, 0.2) is 5.65 Å². The number of carbonyl (C=O) groups is 1. The number of pyridine rings is 1. The van der Waals surface area contributed by atoms with Gasteiger partial charge in [0.05, 0.1) is 5.39 Å². The molecular weight excluding hydrogens is 330 g/mol. The highest BCUT2D eigenvalue weighted by atomic mass is 16.2. The number of carbonyl (C=O) groups excluding carboxylic acids is 1. The number of aryl methyl sites for hydroxylation is 3. The summed E-state index contributed by atoms with van der Waals surface area (Å²) in [6.45, 7) is 5.84. The van der Waals surface area contributed by atoms with Crippen LogP contribution in [-0.2, 0) is 18.3 Å². The maximum Gasteiger partial charge on any atom is 0.273 e. The molecule has 4 heterocycles. The largest absolute Gasteiger partial charge is 0.335 e. The molecule has 2 N–H and O–H groups in total. The summed E-state index contributed by atoms with van der Waals surface area (Å²) >= 11 is 0. The SMILES string of the molecule is Cc1nc2c(c(C)c1CCC(=O)N1C3CCNCC1CC3)c(=O)[nH]n2C. The third-order valence-corrected chi connectivity index (χ3v) is 6.11. The lowest BCUT2D eigenvalue weighted by Crippen LogP contribution is -2.42. The highest BCUT2D eigenvalue weighted by Gasteiger charge is 2.37. The summed E-state index contributed by atoms with van der Waals surface area (Å²) in [5.41, 5.74) is 3.44. The molecule has 140 valence electrons. The number of H-pyrrole nitrogens is 1. The second-order valence-corrected chi connectivity index (χ2v) is 7.68. The fourth-order valence-corrected chi connectivity index (χ4v) is 4.77. The molecule has 2 bridgehead atoms. The van der Waals surface area contributed by atoms with Crippen LogP contribution in [0, 0.1) is 13.8 Å². The Labute approximate surface area is 152 Å². The number of nitrogens with one attached hydrogen (secondary N) is 2. The monoisotopic (exact) mass is 357 g/mol. The van der Waals surface area contributed by atoms with Crippen molar-refractivity contribution in [1.82, 2.24) is 25.0 Å². The molecule has 0 saturated carbocycles. The molecule has 2 aliphatic rings. The molecule has 2 atom stereocenters. The smallest absolute Gasteiger partial charge is 0.273 e. The number of aromatic amines is 1. The van der Waals surface area contributed by atoms with Gasteiger partial charge in [0.2, 0.25) is 5.91 Å². The molecule has 7 heteroatoms. The highest BCUT2D eigenvalue weighted by Crippen LogP contribution is 2.29. The average Bonchev–Trinajstić information content (AvgIpc) is 3.01. The number of fused-ring (bicyclic) bond motifs is 3. The second kappa shape index (κ2) is 6.54. The van der Waals surface area contributed by atoms with Crippen molar-refractivity contribution < 1.29 is 4.79 Å². The minimum atomic E-state index is -0.114. The van der Waals surface area contributed by atoms with E-state index in [1.807, 2.05) is 13.8 Å². The van der Waals surface area contributed by atoms with Gasteiger partial charge in [0.25, 0.3) is 5.56 Å². The van der Waals surface area contributed by atoms with E-state index in [1.54, 1.807) is 11.7 Å². The number of amides is 1. The maximum absolute atomic E-state index is 12.9. The normalized spacial score (nSPS) is 22.8. The van der Waals surface area contributed by atoms with Crippen LogP contribution in [0.1, 0.15) is 42.5 Å². The predicted molar refractivity (Wildman–Crippen MR) is 100 cm³/mol. The van der Waals surface area contributed by atoms with E-state index >= 15 is 0 Å². The molecule has 2 fully saturated rings. The van der Waals surface area contributed by atoms with Gasteiger partial charge < -0.3 is 10.2 Å². The molecule has 7 nitrogen and oxygen atoms in total. The predicted octanol–water partition coefficient (Wildman–Crippen LogP) is 1.16. The Morgan fingerprint density at radius 2 is 2.00 bits per heavy atom. The van der Waals surface area contributed by atoms with Crippen LogP contribution in [-0.4, -0.2) is 50.7 Å². The molecule has 0 radical (unpaired) electrons. The molecule has 2 saturated heterocycles. The van der Waals surface area contributed by atoms with E-state index in [2.05, 4.69) is 20.3 Å². The lowest BCUT2D eigenvalue weighted by molar-refractivity contribution is -0.133. The van der Waals surface area contributed by atoms with Crippen molar-refractivity contribution in [3.63, 3.8) is 0 Å². The third-order valence-electron chi connectivity index (χ3n) is 6.11. The Bertz CT molecular complexity index is 899. The molecule has 4 rings (SSSR count). The molecule has 2 aliphatic heterocycles. The molecular formula is C19H27N5O2. The quantitative estimate of drug-likeness (QED) is 0.864. The van der Waals surface area contributed by atoms with Crippen molar-refractivity contribution in [2.24, 2.45) is 7.05 Å². The number of rotatable bonds is 3. The highest BCUT2D eigenvalue weighted by molar-refractivity contribution is 5.81. The van der Waals surface area contributed by atoms with Crippen LogP contribution in [0.25, 0.3) is 11.0 Å². The Balaban J connectivity index is 1.57. The fraction of sp³-hybridized carbons (Fsp3) is 0.632. The standard InChI is InChI=1S/C19H27N5O2/c1-11-15(12(2)21-18-17(11)19(26)22-23(18)3)6-7-16(25)24-13-4-5-14(24)10-20-9-8-13/h13-14,20H,4-10H2,1-3H3,(H,22,26). The first-order chi connectivity index (χ1) is 12.5. The van der Waals surface area contributed by atoms with E-state index < -0.39 is 0 Å². The molecule has 2 aromatic heterocycles. The number of hydrogen-bond donors (Lipinski definition) is 2. The summed E-state index contributed by atoms with van der Waals surface area (Å²) in [5, 5.41) is 6.85. The van der Waals surface area contributed by atoms with Gasteiger partial charge in [0.1, 0.15) is 0 Å². The lowest BCUT2D eigenvalue weighted by atomic mass is 10.00. The Morgan fingerprint density at radius 3 is 2.81 bits per heavy atom. The zero-order valence-corrected chi connectivity index (χ0v) is 15.8. The summed E-state index contributed by atoms with van der Waals surface area (Å²) in [4.78, 5) is 31.9. The molecule has 2 unspecified atom stereocenters. The van der Waals surface area contributed by atoms with Gasteiger partial charge in [-0.1, -0.05) is 0 Å². The first-order valence-electron chi connectivity index (χ1n) is 9.54. The zero-order chi connectivity index (χ0) is 18.4. The average molecular weight is 357 g/mol. The third kappa shape index (κ3) is 2.74. The van der Waals surface area contributed by atoms with Crippen LogP contribution in [0.3, 0.4) is 0 Å². The van der Waals surface area contributed by atoms with Crippen LogP contribution in [0.5, 0.6) is 0 Å². The summed E-state index contributed by atoms with van der Waals surface area (Å²) < 4.78 is 1.66. The van der Waals surface area contributed by atoms with Crippen molar-refractivity contribution in [3.05, 3.63) is 27.2 Å². The number of hydrogen-bond acceptors (Lipinski definition) is 4. The Hall–Kier alpha value is -2.15. The minimum Gasteiger partial charge on any atom is -0.335 e. The van der Waals surface area contributed by atoms with Gasteiger partial charge in [-0.2, -0.15) is 0 Å². The number of aromatic nitrogens is 3. The molecule has 0 aliphatic carbocycles. The lowest BCUT2D eigenvalue weighted by Gasteiger charge is -2.28. The van der Waals surface area contributed by atoms with E-state index in [9.17, 15) is 9.59 Å². The van der Waals surface area contributed by atoms with E-state index in [4.69, 9.17) is 0 Å². The van der Waals surface area contributed by atoms with E-state index in [0.717, 1.165) is 49.2 Å². The van der Waals surface area contributed by atoms with Gasteiger partial charge in [-0.15, -0.1) is 0 Å². The van der Waals surface area contributed by atoms with Gasteiger partial charge in [-0.25, -0.2) is 4.98 Å². The van der Waals surface area contributed by atoms with Crippen LogP contribution < -0.4 is 10.9 Å². The molecule has 0 spiro atoms. The van der Waals surface area contributed by atoms with Gasteiger partial charge in [-0.3, -0.25) is 19.4 Å². The van der Waals surface area contributed by atoms with Gasteiger partial charge >= 0.3 is 0 Å². The summed E-state index contributed by atoms with van der Waals surface area (Å²) in [6.07, 6.45) is 4.40. The Kier molecular flexibility index (Phi) is 4.34. The summed E-state index contributed by atoms with van der Waals surface area (Å²) in [6, 6.07) is 0.733. The molecule has 0 aromatic carbocycles. The van der Waals surface area contributed by atoms with Crippen LogP contribution in [0.15, 0.2) is 4.79 Å². The van der Waals surface area contributed by atoms with Crippen LogP contribution in [0.2, 0.25) is 0 Å². The molecule has 2 aromatic rings. The fourth-order valence-electron chi connectivity index (χ4n) is 4.77. The maximum atomic E-state index is 12.9. The van der Waals surface area contributed by atoms with Crippen molar-refractivity contribution in [1.29, 1.82) is 0 Å². The van der Waals surface area contributed by atoms with Crippen molar-refractivity contribution in [3.8, 4) is 0 Å². The van der Waals surface area contributed by atoms with Crippen molar-refractivity contribution in [2.45, 2.75) is 58.0 Å². The topological polar surface area (TPSA) is 83.0 Å². The number of nitrogens with zero attached hydrogens (tertiary/aromatic N) is 3. The van der Waals surface area contributed by atoms with Crippen LogP contribution >= 0.6 is 0 Å². The van der Waals surface area contributed by atoms with Crippen LogP contribution in [0.4, 0.5) is 0 Å². The van der Waals surface area contributed by atoms with E-state index in [1.165, 1.54) is 0 Å². The zero-order valence-electron chi connectivity index (χ0n) is 15.8. The van der Waals surface area contributed by atoms with Gasteiger partial charge in [0, 0.05) is 37.8 Å². The van der Waals surface area contributed by atoms with Crippen molar-refractivity contribution >= 4 is 16.9 Å². The molecule has 1 amide bonds. The summed E-state index contributed by atoms with van der Waals surface area (Å²) in [7, 11) is 1.79. The molecule has 26 heavy (non-hydrogen) atoms. The van der Waals surface area contributed by atoms with Crippen molar-refractivity contribution in [2.75, 3.05) is 13.1 Å². The van der Waals surface area contributed by atoms with E-state index in [0.29, 0.717) is 36.0 Å². The summed E-state index contributed by atoms with van der Waals surface area (Å²) in [5.74, 6) is 0.238. The minimum absolute atomic E-state index is 0.114.